The number of rotatable bonds is 5. The number of carbonyl (C=O) groups excluding carboxylic acids is 2. The van der Waals surface area contributed by atoms with E-state index in [0.29, 0.717) is 18.6 Å². The number of hydrogen-bond donors (Lipinski definition) is 1. The molecule has 0 heterocycles. The van der Waals surface area contributed by atoms with Crippen LogP contribution in [0, 0.1) is 5.92 Å². The minimum Gasteiger partial charge on any atom is -0.463 e. The highest BCUT2D eigenvalue weighted by atomic mass is 16.6. The van der Waals surface area contributed by atoms with E-state index in [1.807, 2.05) is 32.9 Å². The zero-order valence-corrected chi connectivity index (χ0v) is 13.3. The van der Waals surface area contributed by atoms with Crippen molar-refractivity contribution in [2.45, 2.75) is 52.2 Å². The Balaban J connectivity index is 2.37. The Bertz CT molecular complexity index is 434. The molecule has 0 radical (unpaired) electrons. The van der Waals surface area contributed by atoms with Crippen molar-refractivity contribution in [3.05, 3.63) is 24.3 Å². The smallest absolute Gasteiger partial charge is 0.408 e. The van der Waals surface area contributed by atoms with Crippen molar-refractivity contribution < 1.29 is 19.1 Å². The molecule has 0 aliphatic heterocycles. The van der Waals surface area contributed by atoms with Gasteiger partial charge in [0.25, 0.3) is 0 Å². The van der Waals surface area contributed by atoms with Gasteiger partial charge in [0.2, 0.25) is 0 Å². The van der Waals surface area contributed by atoms with Gasteiger partial charge in [0.15, 0.2) is 0 Å². The van der Waals surface area contributed by atoms with Crippen molar-refractivity contribution in [1.82, 2.24) is 5.32 Å². The van der Waals surface area contributed by atoms with Gasteiger partial charge in [0.05, 0.1) is 12.6 Å². The lowest BCUT2D eigenvalue weighted by Gasteiger charge is -2.21. The van der Waals surface area contributed by atoms with Gasteiger partial charge in [-0.25, -0.2) is 9.59 Å². The Morgan fingerprint density at radius 1 is 1.33 bits per heavy atom. The highest BCUT2D eigenvalue weighted by molar-refractivity contribution is 5.87. The maximum atomic E-state index is 11.7. The van der Waals surface area contributed by atoms with Crippen molar-refractivity contribution >= 4 is 12.1 Å². The lowest BCUT2D eigenvalue weighted by molar-refractivity contribution is -0.138. The van der Waals surface area contributed by atoms with Gasteiger partial charge in [-0.1, -0.05) is 18.7 Å². The Kier molecular flexibility index (Phi) is 6.00. The normalized spacial score (nSPS) is 21.0. The zero-order valence-electron chi connectivity index (χ0n) is 13.3. The van der Waals surface area contributed by atoms with Gasteiger partial charge >= 0.3 is 12.1 Å². The zero-order chi connectivity index (χ0) is 16.0. The SMILES string of the molecule is C=C(CC1C=CC(NC(=O)OC(C)(C)C)C1)C(=O)OCC. The molecular weight excluding hydrogens is 270 g/mol. The van der Waals surface area contributed by atoms with E-state index in [9.17, 15) is 9.59 Å². The highest BCUT2D eigenvalue weighted by Crippen LogP contribution is 2.25. The highest BCUT2D eigenvalue weighted by Gasteiger charge is 2.24. The van der Waals surface area contributed by atoms with Gasteiger partial charge in [-0.05, 0) is 46.5 Å². The topological polar surface area (TPSA) is 64.6 Å². The monoisotopic (exact) mass is 295 g/mol. The minimum atomic E-state index is -0.510. The third-order valence-corrected chi connectivity index (χ3v) is 2.95. The summed E-state index contributed by atoms with van der Waals surface area (Å²) in [4.78, 5) is 23.2. The number of ether oxygens (including phenoxy) is 2. The summed E-state index contributed by atoms with van der Waals surface area (Å²) in [5.41, 5.74) is -0.0475. The van der Waals surface area contributed by atoms with Crippen LogP contribution in [0.3, 0.4) is 0 Å². The molecule has 0 fully saturated rings. The fourth-order valence-electron chi connectivity index (χ4n) is 2.12. The molecule has 5 heteroatoms. The minimum absolute atomic E-state index is 0.0696. The van der Waals surface area contributed by atoms with Gasteiger partial charge in [0.1, 0.15) is 5.60 Å². The summed E-state index contributed by atoms with van der Waals surface area (Å²) in [6.45, 7) is 11.3. The summed E-state index contributed by atoms with van der Waals surface area (Å²) in [7, 11) is 0. The Morgan fingerprint density at radius 2 is 2.00 bits per heavy atom. The summed E-state index contributed by atoms with van der Waals surface area (Å²) < 4.78 is 10.1. The summed E-state index contributed by atoms with van der Waals surface area (Å²) in [5.74, 6) is -0.170. The van der Waals surface area contributed by atoms with Gasteiger partial charge in [0, 0.05) is 5.57 Å². The molecule has 21 heavy (non-hydrogen) atoms. The Labute approximate surface area is 126 Å². The van der Waals surface area contributed by atoms with Crippen LogP contribution < -0.4 is 5.32 Å². The molecule has 0 aromatic rings. The van der Waals surface area contributed by atoms with Crippen molar-refractivity contribution in [2.75, 3.05) is 6.61 Å². The van der Waals surface area contributed by atoms with Crippen molar-refractivity contribution in [2.24, 2.45) is 5.92 Å². The first kappa shape index (κ1) is 17.3. The number of nitrogens with one attached hydrogen (secondary N) is 1. The molecule has 118 valence electrons. The maximum absolute atomic E-state index is 11.7. The molecular formula is C16H25NO4. The van der Waals surface area contributed by atoms with Crippen LogP contribution in [0.4, 0.5) is 4.79 Å². The first-order valence-corrected chi connectivity index (χ1v) is 7.24. The molecule has 0 saturated heterocycles. The third kappa shape index (κ3) is 6.47. The Hall–Kier alpha value is -1.78. The quantitative estimate of drug-likeness (QED) is 0.481. The van der Waals surface area contributed by atoms with Crippen LogP contribution in [0.15, 0.2) is 24.3 Å². The predicted molar refractivity (Wildman–Crippen MR) is 80.8 cm³/mol. The van der Waals surface area contributed by atoms with E-state index < -0.39 is 11.7 Å². The van der Waals surface area contributed by atoms with E-state index in [-0.39, 0.29) is 17.9 Å². The van der Waals surface area contributed by atoms with E-state index in [1.165, 1.54) is 0 Å². The number of allylic oxidation sites excluding steroid dienone is 1. The first-order chi connectivity index (χ1) is 9.71. The summed E-state index contributed by atoms with van der Waals surface area (Å²) >= 11 is 0. The molecule has 2 atom stereocenters. The molecule has 1 aliphatic carbocycles. The molecule has 0 aromatic heterocycles. The van der Waals surface area contributed by atoms with E-state index in [1.54, 1.807) is 6.92 Å². The van der Waals surface area contributed by atoms with Gasteiger partial charge in [-0.15, -0.1) is 0 Å². The summed E-state index contributed by atoms with van der Waals surface area (Å²) in [6, 6.07) is -0.0696. The van der Waals surface area contributed by atoms with Crippen LogP contribution in [0.1, 0.15) is 40.5 Å². The third-order valence-electron chi connectivity index (χ3n) is 2.95. The van der Waals surface area contributed by atoms with Crippen LogP contribution in [0.2, 0.25) is 0 Å². The number of alkyl carbamates (subject to hydrolysis) is 1. The lowest BCUT2D eigenvalue weighted by Crippen LogP contribution is -2.37. The lowest BCUT2D eigenvalue weighted by atomic mass is 9.99. The van der Waals surface area contributed by atoms with Gasteiger partial charge in [-0.3, -0.25) is 0 Å². The van der Waals surface area contributed by atoms with Crippen LogP contribution >= 0.6 is 0 Å². The fraction of sp³-hybridized carbons (Fsp3) is 0.625. The molecule has 0 aromatic carbocycles. The molecule has 1 N–H and O–H groups in total. The van der Waals surface area contributed by atoms with Crippen LogP contribution in [-0.4, -0.2) is 30.3 Å². The summed E-state index contributed by atoms with van der Waals surface area (Å²) in [5, 5.41) is 2.80. The molecule has 0 spiro atoms. The molecule has 1 aliphatic rings. The number of hydrogen-bond acceptors (Lipinski definition) is 4. The van der Waals surface area contributed by atoms with Crippen molar-refractivity contribution in [3.8, 4) is 0 Å². The fourth-order valence-corrected chi connectivity index (χ4v) is 2.12. The molecule has 0 bridgehead atoms. The van der Waals surface area contributed by atoms with Gasteiger partial charge < -0.3 is 14.8 Å². The molecule has 5 nitrogen and oxygen atoms in total. The number of esters is 1. The van der Waals surface area contributed by atoms with Crippen LogP contribution in [-0.2, 0) is 14.3 Å². The average Bonchev–Trinajstić information content (AvgIpc) is 2.73. The predicted octanol–water partition coefficient (Wildman–Crippen LogP) is 2.97. The molecule has 2 unspecified atom stereocenters. The van der Waals surface area contributed by atoms with Crippen LogP contribution in [0.5, 0.6) is 0 Å². The van der Waals surface area contributed by atoms with Crippen molar-refractivity contribution in [3.63, 3.8) is 0 Å². The number of carbonyl (C=O) groups is 2. The molecule has 1 amide bonds. The van der Waals surface area contributed by atoms with Crippen LogP contribution in [0.25, 0.3) is 0 Å². The second-order valence-electron chi connectivity index (χ2n) is 6.16. The Morgan fingerprint density at radius 3 is 2.57 bits per heavy atom. The van der Waals surface area contributed by atoms with Crippen molar-refractivity contribution in [1.29, 1.82) is 0 Å². The van der Waals surface area contributed by atoms with Gasteiger partial charge in [-0.2, -0.15) is 0 Å². The second kappa shape index (κ2) is 7.29. The van der Waals surface area contributed by atoms with E-state index in [0.717, 1.165) is 6.42 Å². The first-order valence-electron chi connectivity index (χ1n) is 7.24. The molecule has 0 saturated carbocycles. The largest absolute Gasteiger partial charge is 0.463 e. The van der Waals surface area contributed by atoms with E-state index in [4.69, 9.17) is 9.47 Å². The second-order valence-corrected chi connectivity index (χ2v) is 6.16. The standard InChI is InChI=1S/C16H25NO4/c1-6-20-14(18)11(2)9-12-7-8-13(10-12)17-15(19)21-16(3,4)5/h7-8,12-13H,2,6,9-10H2,1,3-5H3,(H,17,19). The molecule has 1 rings (SSSR count). The average molecular weight is 295 g/mol. The maximum Gasteiger partial charge on any atom is 0.408 e. The summed E-state index contributed by atoms with van der Waals surface area (Å²) in [6.07, 6.45) is 4.76. The van der Waals surface area contributed by atoms with E-state index in [2.05, 4.69) is 11.9 Å². The van der Waals surface area contributed by atoms with E-state index >= 15 is 0 Å². The number of amides is 1.